The van der Waals surface area contributed by atoms with Crippen LogP contribution in [-0.4, -0.2) is 24.2 Å². The third-order valence-corrected chi connectivity index (χ3v) is 3.89. The number of nitrogens with zero attached hydrogens (tertiary/aromatic N) is 1. The Morgan fingerprint density at radius 3 is 3.11 bits per heavy atom. The molecule has 0 saturated carbocycles. The molecule has 1 atom stereocenters. The van der Waals surface area contributed by atoms with Gasteiger partial charge in [0.15, 0.2) is 0 Å². The molecule has 96 valence electrons. The second-order valence-corrected chi connectivity index (χ2v) is 5.27. The Morgan fingerprint density at radius 2 is 2.28 bits per heavy atom. The molecule has 1 aromatic carbocycles. The molecule has 1 aromatic heterocycles. The fraction of sp³-hybridized carbons (Fsp3) is 0.467. The molecule has 1 aliphatic rings. The Hall–Kier alpha value is -1.32. The quantitative estimate of drug-likeness (QED) is 0.858. The minimum absolute atomic E-state index is 0.806. The SMILES string of the molecule is Cn1cc(CNCC2CCNC2)c2ccccc21. The zero-order chi connectivity index (χ0) is 12.4. The van der Waals surface area contributed by atoms with Crippen molar-refractivity contribution in [3.8, 4) is 0 Å². The fourth-order valence-corrected chi connectivity index (χ4v) is 2.87. The van der Waals surface area contributed by atoms with Crippen LogP contribution in [0.25, 0.3) is 10.9 Å². The largest absolute Gasteiger partial charge is 0.350 e. The first-order chi connectivity index (χ1) is 8.84. The van der Waals surface area contributed by atoms with E-state index in [1.807, 2.05) is 0 Å². The standard InChI is InChI=1S/C15H21N3/c1-18-11-13(14-4-2-3-5-15(14)18)10-17-9-12-6-7-16-8-12/h2-5,11-12,16-17H,6-10H2,1H3. The lowest BCUT2D eigenvalue weighted by molar-refractivity contribution is 0.513. The molecule has 1 fully saturated rings. The first kappa shape index (κ1) is 11.8. The summed E-state index contributed by atoms with van der Waals surface area (Å²) in [5, 5.41) is 8.38. The number of benzene rings is 1. The molecule has 3 rings (SSSR count). The third-order valence-electron chi connectivity index (χ3n) is 3.89. The van der Waals surface area contributed by atoms with Crippen LogP contribution in [0.3, 0.4) is 0 Å². The summed E-state index contributed by atoms with van der Waals surface area (Å²) in [6.07, 6.45) is 3.55. The highest BCUT2D eigenvalue weighted by molar-refractivity contribution is 5.83. The average molecular weight is 243 g/mol. The zero-order valence-electron chi connectivity index (χ0n) is 10.9. The molecule has 0 radical (unpaired) electrons. The highest BCUT2D eigenvalue weighted by Gasteiger charge is 2.13. The van der Waals surface area contributed by atoms with Gasteiger partial charge in [-0.1, -0.05) is 18.2 Å². The molecule has 3 heteroatoms. The van der Waals surface area contributed by atoms with E-state index in [-0.39, 0.29) is 0 Å². The monoisotopic (exact) mass is 243 g/mol. The van der Waals surface area contributed by atoms with E-state index < -0.39 is 0 Å². The molecule has 3 nitrogen and oxygen atoms in total. The number of para-hydroxylation sites is 1. The van der Waals surface area contributed by atoms with Crippen LogP contribution in [0.15, 0.2) is 30.5 Å². The summed E-state index contributed by atoms with van der Waals surface area (Å²) in [7, 11) is 2.12. The number of hydrogen-bond donors (Lipinski definition) is 2. The van der Waals surface area contributed by atoms with E-state index in [2.05, 4.69) is 52.7 Å². The maximum absolute atomic E-state index is 3.60. The Balaban J connectivity index is 1.67. The van der Waals surface area contributed by atoms with Crippen LogP contribution in [0.4, 0.5) is 0 Å². The molecule has 2 heterocycles. The van der Waals surface area contributed by atoms with Crippen LogP contribution in [0.2, 0.25) is 0 Å². The molecule has 2 aromatic rings. The summed E-state index contributed by atoms with van der Waals surface area (Å²) in [6, 6.07) is 8.61. The van der Waals surface area contributed by atoms with Gasteiger partial charge in [-0.3, -0.25) is 0 Å². The van der Waals surface area contributed by atoms with Gasteiger partial charge in [0.1, 0.15) is 0 Å². The molecule has 0 bridgehead atoms. The first-order valence-electron chi connectivity index (χ1n) is 6.79. The van der Waals surface area contributed by atoms with E-state index >= 15 is 0 Å². The minimum atomic E-state index is 0.806. The second-order valence-electron chi connectivity index (χ2n) is 5.27. The number of rotatable bonds is 4. The lowest BCUT2D eigenvalue weighted by atomic mass is 10.1. The molecular weight excluding hydrogens is 222 g/mol. The van der Waals surface area contributed by atoms with Gasteiger partial charge < -0.3 is 15.2 Å². The van der Waals surface area contributed by atoms with Gasteiger partial charge in [0.25, 0.3) is 0 Å². The van der Waals surface area contributed by atoms with Crippen LogP contribution < -0.4 is 10.6 Å². The summed E-state index contributed by atoms with van der Waals surface area (Å²) >= 11 is 0. The Kier molecular flexibility index (Phi) is 3.35. The summed E-state index contributed by atoms with van der Waals surface area (Å²) in [5.74, 6) is 0.806. The van der Waals surface area contributed by atoms with Crippen molar-refractivity contribution in [2.45, 2.75) is 13.0 Å². The summed E-state index contributed by atoms with van der Waals surface area (Å²) in [5.41, 5.74) is 2.72. The van der Waals surface area contributed by atoms with Crippen molar-refractivity contribution in [1.82, 2.24) is 15.2 Å². The number of nitrogens with one attached hydrogen (secondary N) is 2. The smallest absolute Gasteiger partial charge is 0.0481 e. The normalized spacial score (nSPS) is 19.7. The predicted molar refractivity (Wildman–Crippen MR) is 75.6 cm³/mol. The number of aromatic nitrogens is 1. The van der Waals surface area contributed by atoms with Crippen molar-refractivity contribution in [2.24, 2.45) is 13.0 Å². The van der Waals surface area contributed by atoms with Crippen LogP contribution in [-0.2, 0) is 13.6 Å². The first-order valence-corrected chi connectivity index (χ1v) is 6.79. The van der Waals surface area contributed by atoms with Gasteiger partial charge in [-0.05, 0) is 43.6 Å². The van der Waals surface area contributed by atoms with Gasteiger partial charge in [-0.2, -0.15) is 0 Å². The molecule has 0 spiro atoms. The number of aryl methyl sites for hydroxylation is 1. The number of fused-ring (bicyclic) bond motifs is 1. The lowest BCUT2D eigenvalue weighted by Gasteiger charge is -2.09. The molecule has 1 saturated heterocycles. The van der Waals surface area contributed by atoms with Crippen LogP contribution >= 0.6 is 0 Å². The van der Waals surface area contributed by atoms with Crippen molar-refractivity contribution in [1.29, 1.82) is 0 Å². The van der Waals surface area contributed by atoms with Crippen LogP contribution in [0.1, 0.15) is 12.0 Å². The van der Waals surface area contributed by atoms with E-state index in [0.717, 1.165) is 19.0 Å². The van der Waals surface area contributed by atoms with E-state index in [4.69, 9.17) is 0 Å². The van der Waals surface area contributed by atoms with Gasteiger partial charge in [0, 0.05) is 30.7 Å². The van der Waals surface area contributed by atoms with E-state index in [0.29, 0.717) is 0 Å². The molecule has 18 heavy (non-hydrogen) atoms. The molecule has 1 aliphatic heterocycles. The predicted octanol–water partition coefficient (Wildman–Crippen LogP) is 1.88. The van der Waals surface area contributed by atoms with Crippen molar-refractivity contribution in [3.63, 3.8) is 0 Å². The van der Waals surface area contributed by atoms with Gasteiger partial charge >= 0.3 is 0 Å². The second kappa shape index (κ2) is 5.12. The lowest BCUT2D eigenvalue weighted by Crippen LogP contribution is -2.23. The van der Waals surface area contributed by atoms with Crippen LogP contribution in [0, 0.1) is 5.92 Å². The Morgan fingerprint density at radius 1 is 1.39 bits per heavy atom. The molecule has 0 aliphatic carbocycles. The highest BCUT2D eigenvalue weighted by atomic mass is 15.0. The average Bonchev–Trinajstić information content (AvgIpc) is 3.00. The Labute approximate surface area is 108 Å². The Bertz CT molecular complexity index is 524. The summed E-state index contributed by atoms with van der Waals surface area (Å²) < 4.78 is 2.21. The van der Waals surface area contributed by atoms with Gasteiger partial charge in [0.05, 0.1) is 0 Å². The van der Waals surface area contributed by atoms with Crippen molar-refractivity contribution in [2.75, 3.05) is 19.6 Å². The maximum atomic E-state index is 3.60. The van der Waals surface area contributed by atoms with Crippen molar-refractivity contribution >= 4 is 10.9 Å². The molecular formula is C15H21N3. The van der Waals surface area contributed by atoms with Crippen molar-refractivity contribution < 1.29 is 0 Å². The van der Waals surface area contributed by atoms with Crippen molar-refractivity contribution in [3.05, 3.63) is 36.0 Å². The highest BCUT2D eigenvalue weighted by Crippen LogP contribution is 2.20. The molecule has 0 amide bonds. The van der Waals surface area contributed by atoms with E-state index in [9.17, 15) is 0 Å². The third kappa shape index (κ3) is 2.28. The van der Waals surface area contributed by atoms with E-state index in [1.54, 1.807) is 0 Å². The fourth-order valence-electron chi connectivity index (χ4n) is 2.87. The van der Waals surface area contributed by atoms with Crippen LogP contribution in [0.5, 0.6) is 0 Å². The summed E-state index contributed by atoms with van der Waals surface area (Å²) in [6.45, 7) is 4.44. The molecule has 2 N–H and O–H groups in total. The zero-order valence-corrected chi connectivity index (χ0v) is 10.9. The maximum Gasteiger partial charge on any atom is 0.0481 e. The topological polar surface area (TPSA) is 29.0 Å². The van der Waals surface area contributed by atoms with Gasteiger partial charge in [-0.15, -0.1) is 0 Å². The minimum Gasteiger partial charge on any atom is -0.350 e. The van der Waals surface area contributed by atoms with Gasteiger partial charge in [-0.25, -0.2) is 0 Å². The molecule has 1 unspecified atom stereocenters. The van der Waals surface area contributed by atoms with Gasteiger partial charge in [0.2, 0.25) is 0 Å². The number of hydrogen-bond acceptors (Lipinski definition) is 2. The summed E-state index contributed by atoms with van der Waals surface area (Å²) in [4.78, 5) is 0. The van der Waals surface area contributed by atoms with E-state index in [1.165, 1.54) is 36.0 Å².